The van der Waals surface area contributed by atoms with E-state index in [0.717, 1.165) is 33.4 Å². The first-order chi connectivity index (χ1) is 14.3. The molecule has 1 aromatic carbocycles. The predicted molar refractivity (Wildman–Crippen MR) is 119 cm³/mol. The zero-order valence-electron chi connectivity index (χ0n) is 16.9. The van der Waals surface area contributed by atoms with E-state index in [1.54, 1.807) is 18.2 Å². The Balaban J connectivity index is 2.06. The minimum atomic E-state index is -0.198. The molecule has 0 saturated heterocycles. The van der Waals surface area contributed by atoms with Gasteiger partial charge < -0.3 is 15.0 Å². The van der Waals surface area contributed by atoms with Crippen molar-refractivity contribution in [3.8, 4) is 33.8 Å². The van der Waals surface area contributed by atoms with Gasteiger partial charge in [-0.2, -0.15) is 0 Å². The van der Waals surface area contributed by atoms with E-state index >= 15 is 0 Å². The van der Waals surface area contributed by atoms with Crippen LogP contribution in [0.4, 0.5) is 0 Å². The van der Waals surface area contributed by atoms with Crippen LogP contribution in [0.25, 0.3) is 33.8 Å². The summed E-state index contributed by atoms with van der Waals surface area (Å²) in [5.41, 5.74) is 6.57. The highest BCUT2D eigenvalue weighted by Gasteiger charge is 2.13. The first-order valence-electron chi connectivity index (χ1n) is 9.58. The maximum absolute atomic E-state index is 12.0. The second kappa shape index (κ2) is 7.48. The molecule has 0 atom stereocenters. The van der Waals surface area contributed by atoms with E-state index in [-0.39, 0.29) is 16.7 Å². The molecular weight excluding hydrogens is 378 g/mol. The van der Waals surface area contributed by atoms with E-state index in [1.165, 1.54) is 18.2 Å². The number of hydrogen-bond donors (Lipinski definition) is 3. The predicted octanol–water partition coefficient (Wildman–Crippen LogP) is 3.68. The standard InChI is InChI=1S/C24H21N3O3/c1-13-4-7-19(28)25-22(13)16-10-17(23-14(2)5-8-20(29)26-23)12-18(11-16)24-15(3)6-9-21(30)27-24/h4-12H,1-3H3,(H,25,28)(H,26,29)(H,27,30). The molecule has 3 aromatic heterocycles. The van der Waals surface area contributed by atoms with Gasteiger partial charge in [0.1, 0.15) is 0 Å². The number of rotatable bonds is 3. The zero-order chi connectivity index (χ0) is 21.4. The molecule has 0 aliphatic carbocycles. The largest absolute Gasteiger partial charge is 0.322 e. The van der Waals surface area contributed by atoms with Gasteiger partial charge in [0.15, 0.2) is 0 Å². The Morgan fingerprint density at radius 1 is 0.467 bits per heavy atom. The van der Waals surface area contributed by atoms with Crippen LogP contribution in [0.1, 0.15) is 16.7 Å². The average Bonchev–Trinajstić information content (AvgIpc) is 2.73. The number of hydrogen-bond acceptors (Lipinski definition) is 3. The van der Waals surface area contributed by atoms with Gasteiger partial charge >= 0.3 is 0 Å². The molecule has 0 aliphatic rings. The van der Waals surface area contributed by atoms with Crippen molar-refractivity contribution in [1.29, 1.82) is 0 Å². The van der Waals surface area contributed by atoms with Gasteiger partial charge in [0.25, 0.3) is 0 Å². The van der Waals surface area contributed by atoms with Crippen molar-refractivity contribution < 1.29 is 0 Å². The Bertz CT molecular complexity index is 1250. The van der Waals surface area contributed by atoms with Crippen molar-refractivity contribution in [1.82, 2.24) is 15.0 Å². The molecule has 0 unspecified atom stereocenters. The second-order valence-electron chi connectivity index (χ2n) is 7.44. The molecule has 150 valence electrons. The highest BCUT2D eigenvalue weighted by molar-refractivity contribution is 5.80. The summed E-state index contributed by atoms with van der Waals surface area (Å²) in [6, 6.07) is 15.6. The fraction of sp³-hybridized carbons (Fsp3) is 0.125. The molecule has 0 saturated carbocycles. The lowest BCUT2D eigenvalue weighted by atomic mass is 9.95. The minimum absolute atomic E-state index is 0.198. The van der Waals surface area contributed by atoms with Crippen molar-refractivity contribution in [3.05, 3.63) is 102 Å². The number of nitrogens with one attached hydrogen (secondary N) is 3. The maximum atomic E-state index is 12.0. The summed E-state index contributed by atoms with van der Waals surface area (Å²) in [6.45, 7) is 5.76. The third kappa shape index (κ3) is 3.67. The van der Waals surface area contributed by atoms with Gasteiger partial charge in [0, 0.05) is 18.2 Å². The van der Waals surface area contributed by atoms with E-state index in [4.69, 9.17) is 0 Å². The first-order valence-corrected chi connectivity index (χ1v) is 9.58. The van der Waals surface area contributed by atoms with Crippen LogP contribution in [0, 0.1) is 20.8 Å². The van der Waals surface area contributed by atoms with E-state index < -0.39 is 0 Å². The molecule has 0 radical (unpaired) electrons. The van der Waals surface area contributed by atoms with Crippen LogP contribution in [0.2, 0.25) is 0 Å². The molecule has 6 nitrogen and oxygen atoms in total. The van der Waals surface area contributed by atoms with Gasteiger partial charge in [0.2, 0.25) is 16.7 Å². The molecule has 30 heavy (non-hydrogen) atoms. The van der Waals surface area contributed by atoms with Crippen molar-refractivity contribution in [2.75, 3.05) is 0 Å². The van der Waals surface area contributed by atoms with Gasteiger partial charge in [-0.3, -0.25) is 14.4 Å². The average molecular weight is 399 g/mol. The number of H-pyrrole nitrogens is 3. The second-order valence-corrected chi connectivity index (χ2v) is 7.44. The normalized spacial score (nSPS) is 10.9. The Hall–Kier alpha value is -3.93. The fourth-order valence-electron chi connectivity index (χ4n) is 3.60. The Morgan fingerprint density at radius 2 is 0.733 bits per heavy atom. The van der Waals surface area contributed by atoms with Crippen LogP contribution in [0.15, 0.2) is 69.0 Å². The molecule has 0 fully saturated rings. The summed E-state index contributed by atoms with van der Waals surface area (Å²) in [5, 5.41) is 0. The van der Waals surface area contributed by atoms with Crippen LogP contribution < -0.4 is 16.7 Å². The zero-order valence-corrected chi connectivity index (χ0v) is 16.9. The van der Waals surface area contributed by atoms with E-state index in [2.05, 4.69) is 15.0 Å². The highest BCUT2D eigenvalue weighted by atomic mass is 16.1. The smallest absolute Gasteiger partial charge is 0.248 e. The van der Waals surface area contributed by atoms with Crippen LogP contribution in [-0.4, -0.2) is 15.0 Å². The van der Waals surface area contributed by atoms with Crippen molar-refractivity contribution in [2.45, 2.75) is 20.8 Å². The third-order valence-electron chi connectivity index (χ3n) is 5.18. The van der Waals surface area contributed by atoms with Gasteiger partial charge in [-0.1, -0.05) is 18.2 Å². The highest BCUT2D eigenvalue weighted by Crippen LogP contribution is 2.33. The lowest BCUT2D eigenvalue weighted by Crippen LogP contribution is -2.08. The number of pyridine rings is 3. The molecule has 0 aliphatic heterocycles. The number of aromatic nitrogens is 3. The fourth-order valence-corrected chi connectivity index (χ4v) is 3.60. The SMILES string of the molecule is Cc1ccc(=O)[nH]c1-c1cc(-c2[nH]c(=O)ccc2C)cc(-c2[nH]c(=O)ccc2C)c1. The maximum Gasteiger partial charge on any atom is 0.248 e. The number of benzene rings is 1. The Kier molecular flexibility index (Phi) is 4.83. The molecule has 4 aromatic rings. The number of aryl methyl sites for hydroxylation is 3. The lowest BCUT2D eigenvalue weighted by molar-refractivity contribution is 1.18. The summed E-state index contributed by atoms with van der Waals surface area (Å²) in [6.07, 6.45) is 0. The summed E-state index contributed by atoms with van der Waals surface area (Å²) >= 11 is 0. The van der Waals surface area contributed by atoms with Gasteiger partial charge in [-0.05, 0) is 72.4 Å². The Labute approximate surface area is 172 Å². The van der Waals surface area contributed by atoms with E-state index in [0.29, 0.717) is 17.1 Å². The van der Waals surface area contributed by atoms with Crippen LogP contribution in [0.3, 0.4) is 0 Å². The van der Waals surface area contributed by atoms with Crippen LogP contribution in [0.5, 0.6) is 0 Å². The Morgan fingerprint density at radius 3 is 1.00 bits per heavy atom. The molecule has 4 rings (SSSR count). The summed E-state index contributed by atoms with van der Waals surface area (Å²) in [5.74, 6) is 0. The molecule has 0 bridgehead atoms. The van der Waals surface area contributed by atoms with Gasteiger partial charge in [-0.25, -0.2) is 0 Å². The quantitative estimate of drug-likeness (QED) is 0.490. The summed E-state index contributed by atoms with van der Waals surface area (Å²) in [4.78, 5) is 44.6. The molecule has 0 amide bonds. The molecule has 6 heteroatoms. The summed E-state index contributed by atoms with van der Waals surface area (Å²) in [7, 11) is 0. The molecule has 0 spiro atoms. The van der Waals surface area contributed by atoms with Gasteiger partial charge in [-0.15, -0.1) is 0 Å². The lowest BCUT2D eigenvalue weighted by Gasteiger charge is -2.14. The van der Waals surface area contributed by atoms with Crippen molar-refractivity contribution >= 4 is 0 Å². The molecule has 3 N–H and O–H groups in total. The van der Waals surface area contributed by atoms with E-state index in [9.17, 15) is 14.4 Å². The van der Waals surface area contributed by atoms with Crippen molar-refractivity contribution in [2.24, 2.45) is 0 Å². The van der Waals surface area contributed by atoms with Gasteiger partial charge in [0.05, 0.1) is 17.1 Å². The monoisotopic (exact) mass is 399 g/mol. The first kappa shape index (κ1) is 19.4. The summed E-state index contributed by atoms with van der Waals surface area (Å²) < 4.78 is 0. The molecular formula is C24H21N3O3. The van der Waals surface area contributed by atoms with Crippen molar-refractivity contribution in [3.63, 3.8) is 0 Å². The third-order valence-corrected chi connectivity index (χ3v) is 5.18. The minimum Gasteiger partial charge on any atom is -0.322 e. The van der Waals surface area contributed by atoms with Crippen LogP contribution in [-0.2, 0) is 0 Å². The topological polar surface area (TPSA) is 98.6 Å². The number of aromatic amines is 3. The van der Waals surface area contributed by atoms with Crippen LogP contribution >= 0.6 is 0 Å². The van der Waals surface area contributed by atoms with E-state index in [1.807, 2.05) is 39.0 Å². The molecule has 3 heterocycles.